The fourth-order valence-electron chi connectivity index (χ4n) is 2.25. The molecule has 1 heterocycles. The van der Waals surface area contributed by atoms with Crippen molar-refractivity contribution >= 4 is 11.3 Å². The van der Waals surface area contributed by atoms with E-state index in [-0.39, 0.29) is 0 Å². The summed E-state index contributed by atoms with van der Waals surface area (Å²) < 4.78 is 0. The standard InChI is InChI=1S/C11H18N2S/c1-8-7-14-11(13-8)6-10(12)9-4-2-3-5-9/h7,9-10H,2-6,12H2,1H3. The highest BCUT2D eigenvalue weighted by molar-refractivity contribution is 7.09. The molecule has 1 aromatic rings. The SMILES string of the molecule is Cc1csc(CC(N)C2CCCC2)n1. The van der Waals surface area contributed by atoms with Gasteiger partial charge in [-0.15, -0.1) is 11.3 Å². The molecule has 14 heavy (non-hydrogen) atoms. The molecule has 0 spiro atoms. The lowest BCUT2D eigenvalue weighted by atomic mass is 9.97. The molecule has 2 rings (SSSR count). The molecule has 1 aliphatic carbocycles. The van der Waals surface area contributed by atoms with Crippen molar-refractivity contribution in [1.29, 1.82) is 0 Å². The van der Waals surface area contributed by atoms with Crippen molar-refractivity contribution < 1.29 is 0 Å². The molecule has 1 atom stereocenters. The third-order valence-corrected chi connectivity index (χ3v) is 4.07. The van der Waals surface area contributed by atoms with Crippen molar-refractivity contribution in [3.63, 3.8) is 0 Å². The van der Waals surface area contributed by atoms with Gasteiger partial charge in [-0.05, 0) is 25.7 Å². The minimum Gasteiger partial charge on any atom is -0.327 e. The van der Waals surface area contributed by atoms with Crippen LogP contribution in [0.25, 0.3) is 0 Å². The second kappa shape index (κ2) is 4.41. The van der Waals surface area contributed by atoms with E-state index < -0.39 is 0 Å². The molecule has 0 aliphatic heterocycles. The van der Waals surface area contributed by atoms with E-state index in [1.54, 1.807) is 11.3 Å². The van der Waals surface area contributed by atoms with Gasteiger partial charge in [-0.1, -0.05) is 12.8 Å². The lowest BCUT2D eigenvalue weighted by molar-refractivity contribution is 0.428. The molecule has 1 saturated carbocycles. The lowest BCUT2D eigenvalue weighted by Crippen LogP contribution is -2.30. The lowest BCUT2D eigenvalue weighted by Gasteiger charge is -2.17. The number of hydrogen-bond donors (Lipinski definition) is 1. The maximum absolute atomic E-state index is 6.19. The van der Waals surface area contributed by atoms with Gasteiger partial charge < -0.3 is 5.73 Å². The van der Waals surface area contributed by atoms with Gasteiger partial charge in [-0.25, -0.2) is 4.98 Å². The first kappa shape index (κ1) is 10.1. The smallest absolute Gasteiger partial charge is 0.0943 e. The summed E-state index contributed by atoms with van der Waals surface area (Å²) in [7, 11) is 0. The van der Waals surface area contributed by atoms with Crippen molar-refractivity contribution in [3.8, 4) is 0 Å². The highest BCUT2D eigenvalue weighted by atomic mass is 32.1. The first-order valence-electron chi connectivity index (χ1n) is 5.42. The molecule has 0 radical (unpaired) electrons. The summed E-state index contributed by atoms with van der Waals surface area (Å²) in [4.78, 5) is 4.46. The Kier molecular flexibility index (Phi) is 3.19. The van der Waals surface area contributed by atoms with E-state index in [9.17, 15) is 0 Å². The van der Waals surface area contributed by atoms with E-state index in [1.165, 1.54) is 30.7 Å². The molecule has 0 aromatic carbocycles. The third kappa shape index (κ3) is 2.34. The van der Waals surface area contributed by atoms with Gasteiger partial charge in [-0.3, -0.25) is 0 Å². The quantitative estimate of drug-likeness (QED) is 0.832. The van der Waals surface area contributed by atoms with E-state index in [1.807, 2.05) is 6.92 Å². The summed E-state index contributed by atoms with van der Waals surface area (Å²) in [6.07, 6.45) is 6.37. The van der Waals surface area contributed by atoms with Gasteiger partial charge in [0.1, 0.15) is 0 Å². The number of hydrogen-bond acceptors (Lipinski definition) is 3. The van der Waals surface area contributed by atoms with Gasteiger partial charge in [-0.2, -0.15) is 0 Å². The Balaban J connectivity index is 1.90. The monoisotopic (exact) mass is 210 g/mol. The number of nitrogens with zero attached hydrogens (tertiary/aromatic N) is 1. The average molecular weight is 210 g/mol. The summed E-state index contributed by atoms with van der Waals surface area (Å²) in [6, 6.07) is 0.336. The summed E-state index contributed by atoms with van der Waals surface area (Å²) in [6.45, 7) is 2.04. The van der Waals surface area contributed by atoms with Crippen LogP contribution in [-0.4, -0.2) is 11.0 Å². The Hall–Kier alpha value is -0.410. The van der Waals surface area contributed by atoms with Crippen molar-refractivity contribution in [2.75, 3.05) is 0 Å². The van der Waals surface area contributed by atoms with Crippen LogP contribution in [0.1, 0.15) is 36.4 Å². The van der Waals surface area contributed by atoms with Crippen LogP contribution >= 0.6 is 11.3 Å². The van der Waals surface area contributed by atoms with Crippen LogP contribution in [0.2, 0.25) is 0 Å². The zero-order chi connectivity index (χ0) is 9.97. The predicted molar refractivity (Wildman–Crippen MR) is 60.5 cm³/mol. The largest absolute Gasteiger partial charge is 0.327 e. The highest BCUT2D eigenvalue weighted by Crippen LogP contribution is 2.28. The minimum atomic E-state index is 0.336. The molecule has 0 saturated heterocycles. The molecule has 1 fully saturated rings. The highest BCUT2D eigenvalue weighted by Gasteiger charge is 2.22. The van der Waals surface area contributed by atoms with Gasteiger partial charge in [0.2, 0.25) is 0 Å². The maximum Gasteiger partial charge on any atom is 0.0943 e. The van der Waals surface area contributed by atoms with Crippen LogP contribution in [0, 0.1) is 12.8 Å². The third-order valence-electron chi connectivity index (χ3n) is 3.08. The number of nitrogens with two attached hydrogens (primary N) is 1. The molecule has 2 N–H and O–H groups in total. The Labute approximate surface area is 89.5 Å². The van der Waals surface area contributed by atoms with Crippen LogP contribution < -0.4 is 5.73 Å². The van der Waals surface area contributed by atoms with Crippen LogP contribution in [0.5, 0.6) is 0 Å². The fraction of sp³-hybridized carbons (Fsp3) is 0.727. The number of aryl methyl sites for hydroxylation is 1. The average Bonchev–Trinajstić information content (AvgIpc) is 2.75. The molecule has 1 aliphatic rings. The van der Waals surface area contributed by atoms with Crippen molar-refractivity contribution in [2.24, 2.45) is 11.7 Å². The topological polar surface area (TPSA) is 38.9 Å². The van der Waals surface area contributed by atoms with Crippen molar-refractivity contribution in [3.05, 3.63) is 16.1 Å². The van der Waals surface area contributed by atoms with Crippen molar-refractivity contribution in [2.45, 2.75) is 45.1 Å². The summed E-state index contributed by atoms with van der Waals surface area (Å²) in [5.74, 6) is 0.749. The molecule has 1 unspecified atom stereocenters. The second-order valence-corrected chi connectivity index (χ2v) is 5.24. The minimum absolute atomic E-state index is 0.336. The van der Waals surface area contributed by atoms with Gasteiger partial charge in [0.05, 0.1) is 5.01 Å². The first-order valence-corrected chi connectivity index (χ1v) is 6.30. The molecule has 78 valence electrons. The van der Waals surface area contributed by atoms with Crippen LogP contribution in [0.4, 0.5) is 0 Å². The zero-order valence-electron chi connectivity index (χ0n) is 8.70. The Morgan fingerprint density at radius 1 is 1.57 bits per heavy atom. The molecule has 3 heteroatoms. The number of rotatable bonds is 3. The Bertz CT molecular complexity index is 289. The van der Waals surface area contributed by atoms with Crippen molar-refractivity contribution in [1.82, 2.24) is 4.98 Å². The van der Waals surface area contributed by atoms with Crippen LogP contribution in [0.3, 0.4) is 0 Å². The Morgan fingerprint density at radius 2 is 2.29 bits per heavy atom. The van der Waals surface area contributed by atoms with Crippen LogP contribution in [0.15, 0.2) is 5.38 Å². The maximum atomic E-state index is 6.19. The molecule has 2 nitrogen and oxygen atoms in total. The molecular formula is C11H18N2S. The van der Waals surface area contributed by atoms with E-state index in [4.69, 9.17) is 5.73 Å². The van der Waals surface area contributed by atoms with E-state index >= 15 is 0 Å². The van der Waals surface area contributed by atoms with E-state index in [0.717, 1.165) is 18.0 Å². The molecule has 0 amide bonds. The van der Waals surface area contributed by atoms with E-state index in [0.29, 0.717) is 6.04 Å². The Morgan fingerprint density at radius 3 is 2.86 bits per heavy atom. The molecular weight excluding hydrogens is 192 g/mol. The number of aromatic nitrogens is 1. The van der Waals surface area contributed by atoms with Crippen LogP contribution in [-0.2, 0) is 6.42 Å². The fourth-order valence-corrected chi connectivity index (χ4v) is 3.09. The van der Waals surface area contributed by atoms with Gasteiger partial charge in [0, 0.05) is 23.5 Å². The van der Waals surface area contributed by atoms with E-state index in [2.05, 4.69) is 10.4 Å². The van der Waals surface area contributed by atoms with Gasteiger partial charge >= 0.3 is 0 Å². The summed E-state index contributed by atoms with van der Waals surface area (Å²) in [5.41, 5.74) is 7.32. The zero-order valence-corrected chi connectivity index (χ0v) is 9.52. The van der Waals surface area contributed by atoms with Gasteiger partial charge in [0.15, 0.2) is 0 Å². The first-order chi connectivity index (χ1) is 6.75. The van der Waals surface area contributed by atoms with Gasteiger partial charge in [0.25, 0.3) is 0 Å². The molecule has 0 bridgehead atoms. The molecule has 1 aromatic heterocycles. The summed E-state index contributed by atoms with van der Waals surface area (Å²) in [5, 5.41) is 3.32. The normalized spacial score (nSPS) is 20.1. The second-order valence-electron chi connectivity index (χ2n) is 4.30. The number of thiazole rings is 1. The predicted octanol–water partition coefficient (Wildman–Crippen LogP) is 2.51. The summed E-state index contributed by atoms with van der Waals surface area (Å²) >= 11 is 1.75.